The van der Waals surface area contributed by atoms with Crippen molar-refractivity contribution in [3.63, 3.8) is 0 Å². The second-order valence-electron chi connectivity index (χ2n) is 5.99. The molecule has 0 aliphatic rings. The highest BCUT2D eigenvalue weighted by Crippen LogP contribution is 2.23. The summed E-state index contributed by atoms with van der Waals surface area (Å²) in [7, 11) is 0. The smallest absolute Gasteiger partial charge is 0.314 e. The third kappa shape index (κ3) is 3.41. The Kier molecular flexibility index (Phi) is 4.69. The standard InChI is InChI=1S/C20H11ClFN3O4/c21-14-11-12(5-6-15(14)22)24-19(8-7-18-17(25(27)28)9-10-29-18)23-16-4-2-1-3-13(16)20(24)26/h1-11H/b8-7+. The summed E-state index contributed by atoms with van der Waals surface area (Å²) in [4.78, 5) is 28.1. The number of para-hydroxylation sites is 1. The van der Waals surface area contributed by atoms with Gasteiger partial charge >= 0.3 is 5.69 Å². The van der Waals surface area contributed by atoms with Crippen LogP contribution in [0.5, 0.6) is 0 Å². The minimum Gasteiger partial charge on any atom is -0.457 e. The van der Waals surface area contributed by atoms with Gasteiger partial charge in [0, 0.05) is 0 Å². The molecule has 144 valence electrons. The summed E-state index contributed by atoms with van der Waals surface area (Å²) >= 11 is 5.88. The largest absolute Gasteiger partial charge is 0.457 e. The molecule has 0 atom stereocenters. The summed E-state index contributed by atoms with van der Waals surface area (Å²) in [5, 5.41) is 11.3. The first-order chi connectivity index (χ1) is 14.0. The van der Waals surface area contributed by atoms with Crippen molar-refractivity contribution in [1.82, 2.24) is 9.55 Å². The van der Waals surface area contributed by atoms with Gasteiger partial charge in [0.25, 0.3) is 5.56 Å². The van der Waals surface area contributed by atoms with E-state index in [1.165, 1.54) is 41.2 Å². The first-order valence-corrected chi connectivity index (χ1v) is 8.70. The summed E-state index contributed by atoms with van der Waals surface area (Å²) in [6.45, 7) is 0. The minimum atomic E-state index is -0.625. The molecule has 0 N–H and O–H groups in total. The molecular weight excluding hydrogens is 401 g/mol. The van der Waals surface area contributed by atoms with Gasteiger partial charge in [0.05, 0.1) is 38.9 Å². The van der Waals surface area contributed by atoms with Crippen LogP contribution in [0.25, 0.3) is 28.7 Å². The van der Waals surface area contributed by atoms with E-state index in [9.17, 15) is 19.3 Å². The monoisotopic (exact) mass is 411 g/mol. The van der Waals surface area contributed by atoms with Crippen LogP contribution in [0.15, 0.2) is 64.0 Å². The zero-order chi connectivity index (χ0) is 20.5. The zero-order valence-electron chi connectivity index (χ0n) is 14.6. The topological polar surface area (TPSA) is 91.2 Å². The molecular formula is C20H11ClFN3O4. The maximum Gasteiger partial charge on any atom is 0.314 e. The Hall–Kier alpha value is -3.78. The van der Waals surface area contributed by atoms with Crippen molar-refractivity contribution in [2.24, 2.45) is 0 Å². The number of nitrogens with zero attached hydrogens (tertiary/aromatic N) is 3. The van der Waals surface area contributed by atoms with E-state index in [1.807, 2.05) is 0 Å². The third-order valence-corrected chi connectivity index (χ3v) is 4.51. The van der Waals surface area contributed by atoms with Crippen LogP contribution >= 0.6 is 11.6 Å². The molecule has 4 aromatic rings. The van der Waals surface area contributed by atoms with Crippen molar-refractivity contribution in [2.45, 2.75) is 0 Å². The fraction of sp³-hybridized carbons (Fsp3) is 0. The first kappa shape index (κ1) is 18.6. The quantitative estimate of drug-likeness (QED) is 0.353. The summed E-state index contributed by atoms with van der Waals surface area (Å²) in [6, 6.07) is 11.8. The summed E-state index contributed by atoms with van der Waals surface area (Å²) in [6.07, 6.45) is 3.95. The number of benzene rings is 2. The average Bonchev–Trinajstić information content (AvgIpc) is 3.18. The van der Waals surface area contributed by atoms with Gasteiger partial charge in [0.15, 0.2) is 0 Å². The minimum absolute atomic E-state index is 0.00101. The van der Waals surface area contributed by atoms with Crippen molar-refractivity contribution >= 4 is 40.3 Å². The van der Waals surface area contributed by atoms with Crippen molar-refractivity contribution < 1.29 is 13.7 Å². The zero-order valence-corrected chi connectivity index (χ0v) is 15.3. The van der Waals surface area contributed by atoms with Gasteiger partial charge < -0.3 is 4.42 Å². The van der Waals surface area contributed by atoms with Crippen LogP contribution in [0.4, 0.5) is 10.1 Å². The number of hydrogen-bond acceptors (Lipinski definition) is 5. The van der Waals surface area contributed by atoms with Crippen LogP contribution in [-0.2, 0) is 0 Å². The van der Waals surface area contributed by atoms with E-state index in [-0.39, 0.29) is 22.3 Å². The molecule has 2 aromatic heterocycles. The van der Waals surface area contributed by atoms with Crippen molar-refractivity contribution in [1.29, 1.82) is 0 Å². The van der Waals surface area contributed by atoms with Crippen LogP contribution in [-0.4, -0.2) is 14.5 Å². The molecule has 0 amide bonds. The van der Waals surface area contributed by atoms with Crippen molar-refractivity contribution in [3.8, 4) is 5.69 Å². The van der Waals surface area contributed by atoms with E-state index in [1.54, 1.807) is 24.3 Å². The molecule has 2 aromatic carbocycles. The molecule has 0 aliphatic carbocycles. The highest BCUT2D eigenvalue weighted by molar-refractivity contribution is 6.30. The van der Waals surface area contributed by atoms with E-state index in [0.717, 1.165) is 6.07 Å². The Labute approximate surface area is 167 Å². The summed E-state index contributed by atoms with van der Waals surface area (Å²) < 4.78 is 20.0. The number of rotatable bonds is 4. The lowest BCUT2D eigenvalue weighted by atomic mass is 10.2. The van der Waals surface area contributed by atoms with E-state index in [0.29, 0.717) is 16.6 Å². The van der Waals surface area contributed by atoms with E-state index in [2.05, 4.69) is 4.98 Å². The fourth-order valence-electron chi connectivity index (χ4n) is 2.88. The normalized spacial score (nSPS) is 11.4. The van der Waals surface area contributed by atoms with E-state index >= 15 is 0 Å². The lowest BCUT2D eigenvalue weighted by Crippen LogP contribution is -2.22. The Bertz CT molecular complexity index is 1340. The SMILES string of the molecule is O=c1c2ccccc2nc(/C=C/c2occc2[N+](=O)[O-])n1-c1ccc(F)c(Cl)c1. The van der Waals surface area contributed by atoms with Gasteiger partial charge in [-0.1, -0.05) is 23.7 Å². The lowest BCUT2D eigenvalue weighted by molar-refractivity contribution is -0.385. The van der Waals surface area contributed by atoms with E-state index < -0.39 is 16.3 Å². The molecule has 0 fully saturated rings. The number of furan rings is 1. The second-order valence-corrected chi connectivity index (χ2v) is 6.39. The van der Waals surface area contributed by atoms with Gasteiger partial charge in [0.2, 0.25) is 5.76 Å². The van der Waals surface area contributed by atoms with Gasteiger partial charge in [0.1, 0.15) is 11.6 Å². The van der Waals surface area contributed by atoms with Crippen LogP contribution in [0.3, 0.4) is 0 Å². The van der Waals surface area contributed by atoms with Crippen molar-refractivity contribution in [3.05, 3.63) is 97.7 Å². The van der Waals surface area contributed by atoms with Crippen LogP contribution < -0.4 is 5.56 Å². The predicted molar refractivity (Wildman–Crippen MR) is 107 cm³/mol. The molecule has 0 saturated heterocycles. The number of halogens is 2. The van der Waals surface area contributed by atoms with Crippen LogP contribution in [0, 0.1) is 15.9 Å². The van der Waals surface area contributed by atoms with Crippen LogP contribution in [0.1, 0.15) is 11.6 Å². The third-order valence-electron chi connectivity index (χ3n) is 4.22. The molecule has 0 aliphatic heterocycles. The Morgan fingerprint density at radius 1 is 1.17 bits per heavy atom. The Balaban J connectivity index is 1.95. The molecule has 2 heterocycles. The molecule has 0 saturated carbocycles. The number of aromatic nitrogens is 2. The van der Waals surface area contributed by atoms with Crippen LogP contribution in [0.2, 0.25) is 5.02 Å². The maximum absolute atomic E-state index is 13.6. The van der Waals surface area contributed by atoms with Gasteiger partial charge in [-0.05, 0) is 42.5 Å². The average molecular weight is 412 g/mol. The molecule has 0 spiro atoms. The predicted octanol–water partition coefficient (Wildman–Crippen LogP) is 4.85. The second kappa shape index (κ2) is 7.33. The molecule has 0 unspecified atom stereocenters. The molecule has 9 heteroatoms. The van der Waals surface area contributed by atoms with E-state index in [4.69, 9.17) is 16.0 Å². The first-order valence-electron chi connectivity index (χ1n) is 8.33. The lowest BCUT2D eigenvalue weighted by Gasteiger charge is -2.12. The fourth-order valence-corrected chi connectivity index (χ4v) is 3.05. The summed E-state index contributed by atoms with van der Waals surface area (Å²) in [5.41, 5.74) is 0.122. The highest BCUT2D eigenvalue weighted by Gasteiger charge is 2.16. The van der Waals surface area contributed by atoms with Gasteiger partial charge in [-0.2, -0.15) is 0 Å². The molecule has 7 nitrogen and oxygen atoms in total. The number of fused-ring (bicyclic) bond motifs is 1. The van der Waals surface area contributed by atoms with Gasteiger partial charge in [-0.25, -0.2) is 9.37 Å². The maximum atomic E-state index is 13.6. The van der Waals surface area contributed by atoms with Gasteiger partial charge in [-0.15, -0.1) is 0 Å². The summed E-state index contributed by atoms with van der Waals surface area (Å²) in [5.74, 6) is -0.455. The Morgan fingerprint density at radius 2 is 1.97 bits per heavy atom. The molecule has 4 rings (SSSR count). The molecule has 0 radical (unpaired) electrons. The number of hydrogen-bond donors (Lipinski definition) is 0. The highest BCUT2D eigenvalue weighted by atomic mass is 35.5. The number of nitro groups is 1. The Morgan fingerprint density at radius 3 is 2.72 bits per heavy atom. The molecule has 0 bridgehead atoms. The van der Waals surface area contributed by atoms with Gasteiger partial charge in [-0.3, -0.25) is 19.5 Å². The molecule has 29 heavy (non-hydrogen) atoms. The van der Waals surface area contributed by atoms with Crippen molar-refractivity contribution in [2.75, 3.05) is 0 Å².